The van der Waals surface area contributed by atoms with Crippen LogP contribution in [0.5, 0.6) is 23.0 Å². The molecule has 0 aliphatic carbocycles. The number of carbonyl (C=O) groups excluding carboxylic acids is 1. The number of aliphatic hydroxyl groups is 1. The van der Waals surface area contributed by atoms with Crippen molar-refractivity contribution in [2.45, 2.75) is 19.4 Å². The lowest BCUT2D eigenvalue weighted by molar-refractivity contribution is 0.0734. The molecule has 0 bridgehead atoms. The van der Waals surface area contributed by atoms with Gasteiger partial charge in [-0.05, 0) is 96.9 Å². The van der Waals surface area contributed by atoms with Gasteiger partial charge in [0.1, 0.15) is 24.2 Å². The highest BCUT2D eigenvalue weighted by molar-refractivity contribution is 5.99. The van der Waals surface area contributed by atoms with E-state index >= 15 is 0 Å². The predicted octanol–water partition coefficient (Wildman–Crippen LogP) is 6.30. The number of rotatable bonds is 11. The zero-order chi connectivity index (χ0) is 29.5. The van der Waals surface area contributed by atoms with Gasteiger partial charge in [-0.2, -0.15) is 0 Å². The minimum absolute atomic E-state index is 0.209. The largest absolute Gasteiger partial charge is 0.491 e. The number of benzene rings is 4. The normalized spacial score (nSPS) is 13.5. The summed E-state index contributed by atoms with van der Waals surface area (Å²) in [5.74, 6) is 2.20. The fourth-order valence-corrected chi connectivity index (χ4v) is 4.94. The monoisotopic (exact) mass is 565 g/mol. The molecule has 4 aromatic rings. The summed E-state index contributed by atoms with van der Waals surface area (Å²) < 4.78 is 22.7. The first-order valence-electron chi connectivity index (χ1n) is 14.0. The summed E-state index contributed by atoms with van der Waals surface area (Å²) in [6, 6.07) is 30.4. The van der Waals surface area contributed by atoms with Gasteiger partial charge >= 0.3 is 5.97 Å². The third-order valence-electron chi connectivity index (χ3n) is 6.90. The summed E-state index contributed by atoms with van der Waals surface area (Å²) in [5, 5.41) is 10.2. The van der Waals surface area contributed by atoms with Gasteiger partial charge < -0.3 is 29.0 Å². The van der Waals surface area contributed by atoms with Crippen LogP contribution in [0.1, 0.15) is 40.4 Å². The van der Waals surface area contributed by atoms with Crippen molar-refractivity contribution in [1.82, 2.24) is 4.90 Å². The van der Waals surface area contributed by atoms with Crippen LogP contribution < -0.4 is 18.9 Å². The maximum atomic E-state index is 12.6. The van der Waals surface area contributed by atoms with E-state index in [0.717, 1.165) is 45.8 Å². The molecular formula is C35H35NO6. The molecule has 0 spiro atoms. The molecule has 7 heteroatoms. The van der Waals surface area contributed by atoms with Gasteiger partial charge in [0.25, 0.3) is 0 Å². The first-order chi connectivity index (χ1) is 20.4. The Bertz CT molecular complexity index is 1530. The summed E-state index contributed by atoms with van der Waals surface area (Å²) in [6.45, 7) is 3.07. The number of likely N-dealkylation sites (N-methyl/N-ethyl adjacent to an activating group) is 1. The number of esters is 1. The fourth-order valence-electron chi connectivity index (χ4n) is 4.94. The van der Waals surface area contributed by atoms with Crippen LogP contribution >= 0.6 is 0 Å². The summed E-state index contributed by atoms with van der Waals surface area (Å²) in [6.07, 6.45) is 0.177. The molecule has 5 rings (SSSR count). The van der Waals surface area contributed by atoms with Crippen LogP contribution in [0.4, 0.5) is 0 Å². The number of allylic oxidation sites excluding steroid dienone is 1. The molecule has 1 unspecified atom stereocenters. The molecule has 4 aromatic carbocycles. The first kappa shape index (κ1) is 28.9. The quantitative estimate of drug-likeness (QED) is 0.130. The molecule has 0 saturated heterocycles. The molecule has 0 fully saturated rings. The minimum Gasteiger partial charge on any atom is -0.491 e. The van der Waals surface area contributed by atoms with Crippen molar-refractivity contribution in [3.05, 3.63) is 119 Å². The molecule has 42 heavy (non-hydrogen) atoms. The minimum atomic E-state index is -0.581. The van der Waals surface area contributed by atoms with Gasteiger partial charge in [-0.3, -0.25) is 0 Å². The van der Waals surface area contributed by atoms with E-state index in [1.165, 1.54) is 0 Å². The average Bonchev–Trinajstić information content (AvgIpc) is 3.48. The van der Waals surface area contributed by atoms with Crippen molar-refractivity contribution in [1.29, 1.82) is 0 Å². The van der Waals surface area contributed by atoms with Crippen LogP contribution in [0.3, 0.4) is 0 Å². The van der Waals surface area contributed by atoms with Crippen LogP contribution in [0, 0.1) is 0 Å². The van der Waals surface area contributed by atoms with E-state index in [0.29, 0.717) is 23.6 Å². The van der Waals surface area contributed by atoms with Crippen molar-refractivity contribution < 1.29 is 28.8 Å². The molecule has 0 radical (unpaired) electrons. The van der Waals surface area contributed by atoms with Crippen LogP contribution in [0.2, 0.25) is 0 Å². The summed E-state index contributed by atoms with van der Waals surface area (Å²) in [7, 11) is 3.83. The molecule has 1 aliphatic rings. The second-order valence-corrected chi connectivity index (χ2v) is 10.3. The second-order valence-electron chi connectivity index (χ2n) is 10.3. The summed E-state index contributed by atoms with van der Waals surface area (Å²) in [4.78, 5) is 14.5. The lowest BCUT2D eigenvalue weighted by Crippen LogP contribution is -2.30. The third-order valence-corrected chi connectivity index (χ3v) is 6.90. The summed E-state index contributed by atoms with van der Waals surface area (Å²) >= 11 is 0. The van der Waals surface area contributed by atoms with Crippen LogP contribution in [0.15, 0.2) is 97.1 Å². The van der Waals surface area contributed by atoms with Crippen molar-refractivity contribution in [2.24, 2.45) is 0 Å². The molecular weight excluding hydrogens is 530 g/mol. The van der Waals surface area contributed by atoms with E-state index in [4.69, 9.17) is 18.9 Å². The zero-order valence-electron chi connectivity index (χ0n) is 24.1. The maximum absolute atomic E-state index is 12.6. The highest BCUT2D eigenvalue weighted by Gasteiger charge is 2.19. The second kappa shape index (κ2) is 13.4. The van der Waals surface area contributed by atoms with E-state index in [2.05, 4.69) is 6.92 Å². The number of nitrogens with zero attached hydrogens (tertiary/aromatic N) is 1. The van der Waals surface area contributed by atoms with Crippen LogP contribution in [-0.2, 0) is 0 Å². The Morgan fingerprint density at radius 2 is 1.43 bits per heavy atom. The molecule has 1 heterocycles. The van der Waals surface area contributed by atoms with Crippen molar-refractivity contribution in [3.8, 4) is 23.0 Å². The van der Waals surface area contributed by atoms with Gasteiger partial charge in [0.2, 0.25) is 6.79 Å². The fraction of sp³-hybridized carbons (Fsp3) is 0.229. The van der Waals surface area contributed by atoms with Gasteiger partial charge in [0.15, 0.2) is 11.5 Å². The van der Waals surface area contributed by atoms with Gasteiger partial charge in [-0.15, -0.1) is 0 Å². The lowest BCUT2D eigenvalue weighted by Gasteiger charge is -2.18. The Hall–Kier alpha value is -4.59. The third kappa shape index (κ3) is 7.00. The van der Waals surface area contributed by atoms with E-state index in [1.54, 1.807) is 24.3 Å². The number of hydrogen-bond donors (Lipinski definition) is 1. The van der Waals surface area contributed by atoms with E-state index < -0.39 is 12.1 Å². The molecule has 1 aliphatic heterocycles. The lowest BCUT2D eigenvalue weighted by atomic mass is 9.88. The van der Waals surface area contributed by atoms with Crippen molar-refractivity contribution >= 4 is 17.1 Å². The Labute approximate surface area is 246 Å². The van der Waals surface area contributed by atoms with Gasteiger partial charge in [0.05, 0.1) is 5.56 Å². The van der Waals surface area contributed by atoms with E-state index in [9.17, 15) is 9.90 Å². The Balaban J connectivity index is 1.47. The molecule has 0 aromatic heterocycles. The topological polar surface area (TPSA) is 77.5 Å². The number of ether oxygens (including phenoxy) is 4. The van der Waals surface area contributed by atoms with Crippen molar-refractivity contribution in [3.63, 3.8) is 0 Å². The van der Waals surface area contributed by atoms with Gasteiger partial charge in [0, 0.05) is 6.54 Å². The highest BCUT2D eigenvalue weighted by Crippen LogP contribution is 2.40. The first-order valence-corrected chi connectivity index (χ1v) is 14.0. The maximum Gasteiger partial charge on any atom is 0.343 e. The van der Waals surface area contributed by atoms with Crippen molar-refractivity contribution in [2.75, 3.05) is 34.0 Å². The smallest absolute Gasteiger partial charge is 0.343 e. The molecule has 1 N–H and O–H groups in total. The van der Waals surface area contributed by atoms with Crippen LogP contribution in [-0.4, -0.2) is 56.1 Å². The molecule has 216 valence electrons. The number of carbonyl (C=O) groups is 1. The highest BCUT2D eigenvalue weighted by atomic mass is 16.7. The summed E-state index contributed by atoms with van der Waals surface area (Å²) in [5.41, 5.74) is 5.66. The van der Waals surface area contributed by atoms with E-state index in [1.807, 2.05) is 91.8 Å². The van der Waals surface area contributed by atoms with Gasteiger partial charge in [-0.25, -0.2) is 4.79 Å². The number of fused-ring (bicyclic) bond motifs is 1. The standard InChI is InChI=1S/C35H35NO6/c1-4-31(27-14-19-32-33(20-27)41-23-40-32)34(24-10-15-29(16-11-24)39-22-28(37)21-36(2)3)25-12-17-30(18-13-25)42-35(38)26-8-6-5-7-9-26/h5-20,28,37H,4,21-23H2,1-3H3. The van der Waals surface area contributed by atoms with E-state index in [-0.39, 0.29) is 13.4 Å². The Morgan fingerprint density at radius 1 is 0.810 bits per heavy atom. The molecule has 7 nitrogen and oxygen atoms in total. The van der Waals surface area contributed by atoms with Crippen LogP contribution in [0.25, 0.3) is 11.1 Å². The zero-order valence-corrected chi connectivity index (χ0v) is 24.1. The Kier molecular flexibility index (Phi) is 9.21. The molecule has 0 saturated carbocycles. The molecule has 1 atom stereocenters. The Morgan fingerprint density at radius 3 is 2.07 bits per heavy atom. The predicted molar refractivity (Wildman–Crippen MR) is 163 cm³/mol. The number of aliphatic hydroxyl groups excluding tert-OH is 1. The number of hydrogen-bond acceptors (Lipinski definition) is 7. The SMILES string of the molecule is CCC(=C(c1ccc(OCC(O)CN(C)C)cc1)c1ccc(OC(=O)c2ccccc2)cc1)c1ccc2c(c1)OCO2. The average molecular weight is 566 g/mol. The molecule has 0 amide bonds. The van der Waals surface area contributed by atoms with Gasteiger partial charge in [-0.1, -0.05) is 55.5 Å².